The molecule has 186 valence electrons. The van der Waals surface area contributed by atoms with Crippen molar-refractivity contribution in [2.75, 3.05) is 31.6 Å². The summed E-state index contributed by atoms with van der Waals surface area (Å²) in [7, 11) is 1.54. The predicted octanol–water partition coefficient (Wildman–Crippen LogP) is 3.19. The molecule has 36 heavy (non-hydrogen) atoms. The molecule has 1 aromatic heterocycles. The van der Waals surface area contributed by atoms with Crippen LogP contribution in [0.1, 0.15) is 35.2 Å². The van der Waals surface area contributed by atoms with Gasteiger partial charge in [0.2, 0.25) is 5.91 Å². The van der Waals surface area contributed by atoms with Gasteiger partial charge < -0.3 is 24.6 Å². The first-order valence-electron chi connectivity index (χ1n) is 12.4. The number of amides is 2. The summed E-state index contributed by atoms with van der Waals surface area (Å²) in [5, 5.41) is 3.77. The van der Waals surface area contributed by atoms with Crippen molar-refractivity contribution in [3.05, 3.63) is 65.9 Å². The van der Waals surface area contributed by atoms with Gasteiger partial charge in [-0.05, 0) is 37.1 Å². The lowest BCUT2D eigenvalue weighted by atomic mass is 10.1. The Bertz CT molecular complexity index is 1290. The van der Waals surface area contributed by atoms with Crippen molar-refractivity contribution in [2.45, 2.75) is 31.8 Å². The normalized spacial score (nSPS) is 17.8. The molecule has 3 aromatic rings. The molecule has 2 unspecified atom stereocenters. The molecule has 0 bridgehead atoms. The number of ether oxygens (including phenoxy) is 1. The lowest BCUT2D eigenvalue weighted by Gasteiger charge is -2.25. The molecule has 1 N–H and O–H groups in total. The van der Waals surface area contributed by atoms with Crippen molar-refractivity contribution in [3.8, 4) is 5.75 Å². The second-order valence-corrected chi connectivity index (χ2v) is 9.35. The third-order valence-corrected chi connectivity index (χ3v) is 7.16. The number of aromatic nitrogens is 1. The van der Waals surface area contributed by atoms with Crippen LogP contribution in [0, 0.1) is 5.92 Å². The molecule has 0 spiro atoms. The molecule has 1 saturated heterocycles. The second-order valence-electron chi connectivity index (χ2n) is 9.35. The van der Waals surface area contributed by atoms with Gasteiger partial charge in [-0.25, -0.2) is 0 Å². The highest BCUT2D eigenvalue weighted by atomic mass is 16.5. The van der Waals surface area contributed by atoms with Gasteiger partial charge in [-0.3, -0.25) is 14.6 Å². The van der Waals surface area contributed by atoms with E-state index in [2.05, 4.69) is 27.3 Å². The fourth-order valence-corrected chi connectivity index (χ4v) is 5.29. The summed E-state index contributed by atoms with van der Waals surface area (Å²) < 4.78 is 6.27. The van der Waals surface area contributed by atoms with Crippen LogP contribution in [0.3, 0.4) is 0 Å². The van der Waals surface area contributed by atoms with Gasteiger partial charge in [0, 0.05) is 60.9 Å². The molecule has 2 atom stereocenters. The molecule has 2 aliphatic heterocycles. The Kier molecular flexibility index (Phi) is 6.84. The average molecular weight is 487 g/mol. The zero-order valence-electron chi connectivity index (χ0n) is 20.4. The van der Waals surface area contributed by atoms with Crippen LogP contribution in [0.25, 0.3) is 10.9 Å². The van der Waals surface area contributed by atoms with Crippen molar-refractivity contribution < 1.29 is 19.1 Å². The minimum absolute atomic E-state index is 0.202. The van der Waals surface area contributed by atoms with Gasteiger partial charge in [-0.1, -0.05) is 24.3 Å². The maximum Gasteiger partial charge on any atom is 0.255 e. The predicted molar refractivity (Wildman–Crippen MR) is 137 cm³/mol. The Hall–Kier alpha value is -3.94. The molecule has 2 aliphatic rings. The molecule has 2 amide bonds. The number of nitrogens with zero attached hydrogens (tertiary/aromatic N) is 3. The first-order valence-corrected chi connectivity index (χ1v) is 12.4. The molecule has 8 nitrogen and oxygen atoms in total. The standard InChI is InChI=1S/C28H30N4O4/c1-29-27(34)25(9-5-15-33)32-17-22-20(28(32)35)7-4-10-26(22)36-18-19-12-14-31(16-19)24-11-13-30-23-8-3-2-6-21(23)24/h2-4,6-8,10-11,13,15,19,25H,5,9,12,14,16-18H2,1H3,(H,29,34). The topological polar surface area (TPSA) is 91.8 Å². The van der Waals surface area contributed by atoms with E-state index in [0.29, 0.717) is 36.8 Å². The van der Waals surface area contributed by atoms with Crippen molar-refractivity contribution in [1.82, 2.24) is 15.2 Å². The summed E-state index contributed by atoms with van der Waals surface area (Å²) in [6, 6.07) is 15.1. The highest BCUT2D eigenvalue weighted by Crippen LogP contribution is 2.34. The Morgan fingerprint density at radius 3 is 2.92 bits per heavy atom. The Labute approximate surface area is 210 Å². The summed E-state index contributed by atoms with van der Waals surface area (Å²) in [5.74, 6) is 0.566. The largest absolute Gasteiger partial charge is 0.493 e. The molecule has 5 rings (SSSR count). The van der Waals surface area contributed by atoms with E-state index in [4.69, 9.17) is 4.74 Å². The van der Waals surface area contributed by atoms with E-state index in [0.717, 1.165) is 42.3 Å². The number of likely N-dealkylation sites (N-methyl/N-ethyl adjacent to an activating group) is 1. The number of hydrogen-bond donors (Lipinski definition) is 1. The third-order valence-electron chi connectivity index (χ3n) is 7.16. The highest BCUT2D eigenvalue weighted by molar-refractivity contribution is 6.01. The van der Waals surface area contributed by atoms with Gasteiger partial charge in [-0.2, -0.15) is 0 Å². The fraction of sp³-hybridized carbons (Fsp3) is 0.357. The zero-order chi connectivity index (χ0) is 25.1. The van der Waals surface area contributed by atoms with E-state index < -0.39 is 6.04 Å². The van der Waals surface area contributed by atoms with Gasteiger partial charge in [0.25, 0.3) is 5.91 Å². The quantitative estimate of drug-likeness (QED) is 0.467. The lowest BCUT2D eigenvalue weighted by molar-refractivity contribution is -0.125. The summed E-state index contributed by atoms with van der Waals surface area (Å²) in [6.07, 6.45) is 4.16. The van der Waals surface area contributed by atoms with Gasteiger partial charge in [0.15, 0.2) is 0 Å². The van der Waals surface area contributed by atoms with E-state index in [9.17, 15) is 14.4 Å². The number of benzene rings is 2. The van der Waals surface area contributed by atoms with E-state index in [1.807, 2.05) is 36.5 Å². The van der Waals surface area contributed by atoms with Gasteiger partial charge in [0.05, 0.1) is 18.7 Å². The van der Waals surface area contributed by atoms with E-state index in [1.54, 1.807) is 11.0 Å². The molecule has 8 heteroatoms. The Morgan fingerprint density at radius 2 is 2.08 bits per heavy atom. The molecule has 0 aliphatic carbocycles. The van der Waals surface area contributed by atoms with Gasteiger partial charge in [0.1, 0.15) is 18.1 Å². The number of hydrogen-bond acceptors (Lipinski definition) is 6. The number of carbonyl (C=O) groups is 3. The number of nitrogens with one attached hydrogen (secondary N) is 1. The first-order chi connectivity index (χ1) is 17.6. The van der Waals surface area contributed by atoms with Crippen LogP contribution in [0.15, 0.2) is 54.7 Å². The molecule has 2 aromatic carbocycles. The van der Waals surface area contributed by atoms with Gasteiger partial charge >= 0.3 is 0 Å². The molecular formula is C28H30N4O4. The van der Waals surface area contributed by atoms with Crippen LogP contribution in [-0.4, -0.2) is 60.8 Å². The summed E-state index contributed by atoms with van der Waals surface area (Å²) >= 11 is 0. The number of pyridine rings is 1. The van der Waals surface area contributed by atoms with Crippen LogP contribution >= 0.6 is 0 Å². The number of para-hydroxylation sites is 1. The number of rotatable bonds is 9. The lowest BCUT2D eigenvalue weighted by Crippen LogP contribution is -2.46. The average Bonchev–Trinajstić information content (AvgIpc) is 3.52. The SMILES string of the molecule is CNC(=O)C(CCC=O)N1Cc2c(OCC3CCN(c4ccnc5ccccc45)C3)cccc2C1=O. The van der Waals surface area contributed by atoms with Gasteiger partial charge in [-0.15, -0.1) is 0 Å². The molecular weight excluding hydrogens is 456 g/mol. The second kappa shape index (κ2) is 10.4. The molecule has 1 fully saturated rings. The summed E-state index contributed by atoms with van der Waals surface area (Å²) in [5.41, 5.74) is 3.55. The smallest absolute Gasteiger partial charge is 0.255 e. The minimum Gasteiger partial charge on any atom is -0.493 e. The van der Waals surface area contributed by atoms with E-state index >= 15 is 0 Å². The molecule has 0 radical (unpaired) electrons. The van der Waals surface area contributed by atoms with Crippen LogP contribution in [0.5, 0.6) is 5.75 Å². The van der Waals surface area contributed by atoms with Crippen molar-refractivity contribution >= 4 is 34.7 Å². The number of anilines is 1. The number of carbonyl (C=O) groups excluding carboxylic acids is 3. The fourth-order valence-electron chi connectivity index (χ4n) is 5.29. The van der Waals surface area contributed by atoms with Crippen LogP contribution in [0.4, 0.5) is 5.69 Å². The van der Waals surface area contributed by atoms with Crippen molar-refractivity contribution in [2.24, 2.45) is 5.92 Å². The molecule has 3 heterocycles. The Balaban J connectivity index is 1.27. The summed E-state index contributed by atoms with van der Waals surface area (Å²) in [4.78, 5) is 44.9. The van der Waals surface area contributed by atoms with Crippen molar-refractivity contribution in [3.63, 3.8) is 0 Å². The zero-order valence-corrected chi connectivity index (χ0v) is 20.4. The minimum atomic E-state index is -0.688. The third kappa shape index (κ3) is 4.51. The first kappa shape index (κ1) is 23.8. The monoisotopic (exact) mass is 486 g/mol. The highest BCUT2D eigenvalue weighted by Gasteiger charge is 2.37. The maximum atomic E-state index is 13.1. The molecule has 0 saturated carbocycles. The maximum absolute atomic E-state index is 13.1. The number of aldehydes is 1. The Morgan fingerprint density at radius 1 is 1.22 bits per heavy atom. The summed E-state index contributed by atoms with van der Waals surface area (Å²) in [6.45, 7) is 2.68. The van der Waals surface area contributed by atoms with E-state index in [-0.39, 0.29) is 18.2 Å². The van der Waals surface area contributed by atoms with E-state index in [1.165, 1.54) is 12.7 Å². The van der Waals surface area contributed by atoms with Crippen LogP contribution < -0.4 is 15.0 Å². The van der Waals surface area contributed by atoms with Crippen LogP contribution in [0.2, 0.25) is 0 Å². The van der Waals surface area contributed by atoms with Crippen LogP contribution in [-0.2, 0) is 16.1 Å². The number of fused-ring (bicyclic) bond motifs is 2. The van der Waals surface area contributed by atoms with Crippen molar-refractivity contribution in [1.29, 1.82) is 0 Å².